The molecule has 1 heterocycles. The van der Waals surface area contributed by atoms with Crippen LogP contribution in [-0.4, -0.2) is 12.6 Å². The lowest BCUT2D eigenvalue weighted by molar-refractivity contribution is 0.0363. The minimum atomic E-state index is -0.00699. The molecule has 1 aromatic heterocycles. The minimum Gasteiger partial charge on any atom is -0.371 e. The molecule has 0 aromatic carbocycles. The average molecular weight is 248 g/mol. The Morgan fingerprint density at radius 3 is 2.67 bits per heavy atom. The molecule has 0 fully saturated rings. The summed E-state index contributed by atoms with van der Waals surface area (Å²) in [6.45, 7) is 4.91. The van der Waals surface area contributed by atoms with Crippen LogP contribution in [0.4, 0.5) is 0 Å². The van der Waals surface area contributed by atoms with Gasteiger partial charge < -0.3 is 10.5 Å². The van der Waals surface area contributed by atoms with E-state index >= 15 is 0 Å². The second-order valence-corrected chi connectivity index (χ2v) is 5.25. The number of ether oxygens (including phenoxy) is 1. The number of nitrogens with two attached hydrogens (primary N) is 1. The van der Waals surface area contributed by atoms with Crippen LogP contribution >= 0.6 is 22.9 Å². The van der Waals surface area contributed by atoms with Crippen LogP contribution in [0.5, 0.6) is 0 Å². The van der Waals surface area contributed by atoms with Crippen LogP contribution in [-0.2, 0) is 4.74 Å². The van der Waals surface area contributed by atoms with E-state index in [1.54, 1.807) is 11.3 Å². The third-order valence-corrected chi connectivity index (χ3v) is 3.53. The molecule has 0 saturated carbocycles. The van der Waals surface area contributed by atoms with Gasteiger partial charge in [0.25, 0.3) is 0 Å². The summed E-state index contributed by atoms with van der Waals surface area (Å²) in [5, 5.41) is 0. The van der Waals surface area contributed by atoms with Crippen molar-refractivity contribution in [3.05, 3.63) is 21.3 Å². The lowest BCUT2D eigenvalue weighted by Gasteiger charge is -2.22. The molecule has 0 aliphatic carbocycles. The van der Waals surface area contributed by atoms with Gasteiger partial charge in [0.2, 0.25) is 0 Å². The Balaban J connectivity index is 2.71. The van der Waals surface area contributed by atoms with Crippen molar-refractivity contribution in [2.75, 3.05) is 6.61 Å². The lowest BCUT2D eigenvalue weighted by Crippen LogP contribution is -2.29. The molecule has 0 radical (unpaired) electrons. The zero-order valence-electron chi connectivity index (χ0n) is 9.20. The molecule has 86 valence electrons. The Labute approximate surface area is 100 Å². The van der Waals surface area contributed by atoms with Gasteiger partial charge in [-0.25, -0.2) is 0 Å². The highest BCUT2D eigenvalue weighted by molar-refractivity contribution is 7.16. The predicted molar refractivity (Wildman–Crippen MR) is 66.6 cm³/mol. The minimum absolute atomic E-state index is 0.00699. The molecule has 2 atom stereocenters. The topological polar surface area (TPSA) is 35.2 Å². The summed E-state index contributed by atoms with van der Waals surface area (Å²) in [5.41, 5.74) is 6.04. The Morgan fingerprint density at radius 2 is 2.20 bits per heavy atom. The van der Waals surface area contributed by atoms with Crippen LogP contribution in [0.15, 0.2) is 12.1 Å². The highest BCUT2D eigenvalue weighted by atomic mass is 35.5. The number of halogens is 1. The van der Waals surface area contributed by atoms with Gasteiger partial charge in [-0.3, -0.25) is 0 Å². The fourth-order valence-corrected chi connectivity index (χ4v) is 2.54. The standard InChI is InChI=1S/C11H18ClNOS/c1-3-7-14-11(8(13)4-2)9-5-6-10(12)15-9/h5-6,8,11H,3-4,7,13H2,1-2H3. The molecule has 2 unspecified atom stereocenters. The Kier molecular flexibility index (Phi) is 5.61. The summed E-state index contributed by atoms with van der Waals surface area (Å²) in [6, 6.07) is 3.95. The summed E-state index contributed by atoms with van der Waals surface area (Å²) in [7, 11) is 0. The maximum Gasteiger partial charge on any atom is 0.107 e. The first-order valence-electron chi connectivity index (χ1n) is 5.31. The van der Waals surface area contributed by atoms with Gasteiger partial charge >= 0.3 is 0 Å². The third-order valence-electron chi connectivity index (χ3n) is 2.24. The fraction of sp³-hybridized carbons (Fsp3) is 0.636. The molecule has 15 heavy (non-hydrogen) atoms. The lowest BCUT2D eigenvalue weighted by atomic mass is 10.1. The Bertz CT molecular complexity index is 290. The number of hydrogen-bond acceptors (Lipinski definition) is 3. The average Bonchev–Trinajstić information content (AvgIpc) is 2.65. The first-order chi connectivity index (χ1) is 7.19. The summed E-state index contributed by atoms with van der Waals surface area (Å²) < 4.78 is 6.56. The molecule has 1 aromatic rings. The molecular formula is C11H18ClNOS. The summed E-state index contributed by atoms with van der Waals surface area (Å²) in [5.74, 6) is 0. The molecule has 0 spiro atoms. The molecule has 2 nitrogen and oxygen atoms in total. The van der Waals surface area contributed by atoms with Crippen LogP contribution < -0.4 is 5.73 Å². The van der Waals surface area contributed by atoms with E-state index in [0.29, 0.717) is 0 Å². The van der Waals surface area contributed by atoms with Crippen LogP contribution in [0.1, 0.15) is 37.7 Å². The van der Waals surface area contributed by atoms with E-state index in [0.717, 1.165) is 28.7 Å². The van der Waals surface area contributed by atoms with Crippen LogP contribution in [0, 0.1) is 0 Å². The molecule has 0 aliphatic heterocycles. The van der Waals surface area contributed by atoms with E-state index < -0.39 is 0 Å². The van der Waals surface area contributed by atoms with Gasteiger partial charge in [0, 0.05) is 17.5 Å². The third kappa shape index (κ3) is 3.76. The van der Waals surface area contributed by atoms with Crippen molar-refractivity contribution in [1.29, 1.82) is 0 Å². The van der Waals surface area contributed by atoms with Crippen molar-refractivity contribution in [3.63, 3.8) is 0 Å². The van der Waals surface area contributed by atoms with E-state index in [1.807, 2.05) is 12.1 Å². The summed E-state index contributed by atoms with van der Waals surface area (Å²) in [6.07, 6.45) is 1.91. The largest absolute Gasteiger partial charge is 0.371 e. The Hall–Kier alpha value is -0.0900. The van der Waals surface area contributed by atoms with Crippen LogP contribution in [0.3, 0.4) is 0 Å². The van der Waals surface area contributed by atoms with E-state index in [1.165, 1.54) is 0 Å². The maximum atomic E-state index is 6.04. The summed E-state index contributed by atoms with van der Waals surface area (Å²) >= 11 is 7.46. The Morgan fingerprint density at radius 1 is 1.47 bits per heavy atom. The molecule has 2 N–H and O–H groups in total. The van der Waals surface area contributed by atoms with Crippen molar-refractivity contribution in [2.24, 2.45) is 5.73 Å². The zero-order valence-corrected chi connectivity index (χ0v) is 10.8. The predicted octanol–water partition coefficient (Wildman–Crippen LogP) is 3.61. The van der Waals surface area contributed by atoms with Gasteiger partial charge in [0.05, 0.1) is 4.34 Å². The second kappa shape index (κ2) is 6.48. The SMILES string of the molecule is CCCOC(c1ccc(Cl)s1)C(N)CC. The zero-order chi connectivity index (χ0) is 11.3. The van der Waals surface area contributed by atoms with Gasteiger partial charge in [-0.15, -0.1) is 11.3 Å². The molecular weight excluding hydrogens is 230 g/mol. The first kappa shape index (κ1) is 13.0. The fourth-order valence-electron chi connectivity index (χ4n) is 1.36. The maximum absolute atomic E-state index is 6.04. The van der Waals surface area contributed by atoms with E-state index in [9.17, 15) is 0 Å². The van der Waals surface area contributed by atoms with Gasteiger partial charge in [-0.1, -0.05) is 25.4 Å². The van der Waals surface area contributed by atoms with Crippen LogP contribution in [0.2, 0.25) is 4.34 Å². The van der Waals surface area contributed by atoms with E-state index in [2.05, 4.69) is 13.8 Å². The molecule has 1 rings (SSSR count). The molecule has 0 aliphatic rings. The van der Waals surface area contributed by atoms with Gasteiger partial charge in [0.15, 0.2) is 0 Å². The smallest absolute Gasteiger partial charge is 0.107 e. The highest BCUT2D eigenvalue weighted by Crippen LogP contribution is 2.31. The second-order valence-electron chi connectivity index (χ2n) is 3.51. The molecule has 4 heteroatoms. The van der Waals surface area contributed by atoms with Gasteiger partial charge in [-0.2, -0.15) is 0 Å². The molecule has 0 amide bonds. The normalized spacial score (nSPS) is 15.2. The quantitative estimate of drug-likeness (QED) is 0.834. The van der Waals surface area contributed by atoms with Crippen molar-refractivity contribution in [3.8, 4) is 0 Å². The number of thiophene rings is 1. The van der Waals surface area contributed by atoms with Gasteiger partial charge in [0.1, 0.15) is 6.10 Å². The van der Waals surface area contributed by atoms with Crippen LogP contribution in [0.25, 0.3) is 0 Å². The number of hydrogen-bond donors (Lipinski definition) is 1. The van der Waals surface area contributed by atoms with Crippen molar-refractivity contribution in [2.45, 2.75) is 38.8 Å². The van der Waals surface area contributed by atoms with Gasteiger partial charge in [-0.05, 0) is 25.0 Å². The number of rotatable bonds is 6. The van der Waals surface area contributed by atoms with Crippen molar-refractivity contribution in [1.82, 2.24) is 0 Å². The first-order valence-corrected chi connectivity index (χ1v) is 6.50. The monoisotopic (exact) mass is 247 g/mol. The summed E-state index contributed by atoms with van der Waals surface area (Å²) in [4.78, 5) is 1.13. The molecule has 0 bridgehead atoms. The van der Waals surface area contributed by atoms with E-state index in [-0.39, 0.29) is 12.1 Å². The highest BCUT2D eigenvalue weighted by Gasteiger charge is 2.20. The van der Waals surface area contributed by atoms with Crippen molar-refractivity contribution < 1.29 is 4.74 Å². The van der Waals surface area contributed by atoms with Crippen molar-refractivity contribution >= 4 is 22.9 Å². The molecule has 0 saturated heterocycles. The van der Waals surface area contributed by atoms with E-state index in [4.69, 9.17) is 22.1 Å².